The lowest BCUT2D eigenvalue weighted by molar-refractivity contribution is -0.159. The molecule has 8 heteroatoms. The molecule has 31 heavy (non-hydrogen) atoms. The molecule has 0 unspecified atom stereocenters. The van der Waals surface area contributed by atoms with E-state index in [1.54, 1.807) is 0 Å². The van der Waals surface area contributed by atoms with E-state index in [-0.39, 0.29) is 23.8 Å². The average molecular weight is 447 g/mol. The van der Waals surface area contributed by atoms with E-state index >= 15 is 0 Å². The van der Waals surface area contributed by atoms with Crippen LogP contribution < -0.4 is 5.32 Å². The van der Waals surface area contributed by atoms with Gasteiger partial charge >= 0.3 is 0 Å². The Morgan fingerprint density at radius 2 is 1.84 bits per heavy atom. The summed E-state index contributed by atoms with van der Waals surface area (Å²) in [5.41, 5.74) is 0.673. The van der Waals surface area contributed by atoms with Crippen LogP contribution in [0, 0.1) is 30.1 Å². The summed E-state index contributed by atoms with van der Waals surface area (Å²) in [7, 11) is 0. The molecule has 4 bridgehead atoms. The zero-order valence-electron chi connectivity index (χ0n) is 18.5. The molecule has 0 atom stereocenters. The zero-order chi connectivity index (χ0) is 21.4. The summed E-state index contributed by atoms with van der Waals surface area (Å²) in [6, 6.07) is 0. The van der Waals surface area contributed by atoms with Crippen LogP contribution in [0.4, 0.5) is 5.13 Å². The molecule has 4 saturated carbocycles. The van der Waals surface area contributed by atoms with Crippen molar-refractivity contribution in [2.75, 3.05) is 51.3 Å². The van der Waals surface area contributed by atoms with Crippen LogP contribution in [0.5, 0.6) is 0 Å². The monoisotopic (exact) mass is 446 g/mol. The number of rotatable bonds is 7. The topological polar surface area (TPSA) is 74.8 Å². The average Bonchev–Trinajstić information content (AvgIpc) is 3.14. The lowest BCUT2D eigenvalue weighted by Gasteiger charge is -2.56. The maximum Gasteiger partial charge on any atom is 0.245 e. The molecule has 7 nitrogen and oxygen atoms in total. The maximum absolute atomic E-state index is 14.0. The van der Waals surface area contributed by atoms with Gasteiger partial charge in [0.1, 0.15) is 0 Å². The Hall–Kier alpha value is -1.51. The highest BCUT2D eigenvalue weighted by Gasteiger charge is 2.55. The van der Waals surface area contributed by atoms with Gasteiger partial charge in [0, 0.05) is 31.6 Å². The summed E-state index contributed by atoms with van der Waals surface area (Å²) in [5, 5.41) is 5.43. The van der Waals surface area contributed by atoms with Crippen LogP contribution in [0.1, 0.15) is 44.2 Å². The number of aromatic nitrogens is 1. The lowest BCUT2D eigenvalue weighted by atomic mass is 9.49. The summed E-state index contributed by atoms with van der Waals surface area (Å²) in [4.78, 5) is 35.3. The number of carbonyl (C=O) groups is 2. The fraction of sp³-hybridized carbons (Fsp3) is 0.783. The van der Waals surface area contributed by atoms with E-state index in [1.807, 2.05) is 17.2 Å². The van der Waals surface area contributed by atoms with Crippen LogP contribution in [-0.2, 0) is 14.3 Å². The third-order valence-electron chi connectivity index (χ3n) is 7.77. The van der Waals surface area contributed by atoms with Crippen molar-refractivity contribution in [2.24, 2.45) is 23.2 Å². The van der Waals surface area contributed by atoms with Gasteiger partial charge in [0.15, 0.2) is 5.13 Å². The molecule has 1 saturated heterocycles. The van der Waals surface area contributed by atoms with Crippen molar-refractivity contribution in [3.05, 3.63) is 11.1 Å². The fourth-order valence-electron chi connectivity index (χ4n) is 6.79. The predicted molar refractivity (Wildman–Crippen MR) is 120 cm³/mol. The van der Waals surface area contributed by atoms with Gasteiger partial charge in [-0.15, -0.1) is 11.3 Å². The second kappa shape index (κ2) is 8.79. The first-order chi connectivity index (χ1) is 15.0. The van der Waals surface area contributed by atoms with E-state index in [2.05, 4.69) is 15.2 Å². The molecular formula is C23H34N4O3S. The normalized spacial score (nSPS) is 32.2. The first kappa shape index (κ1) is 21.3. The van der Waals surface area contributed by atoms with E-state index in [4.69, 9.17) is 4.74 Å². The fourth-order valence-corrected chi connectivity index (χ4v) is 7.50. The molecule has 0 aromatic carbocycles. The highest BCUT2D eigenvalue weighted by atomic mass is 32.1. The summed E-state index contributed by atoms with van der Waals surface area (Å²) in [6.45, 7) is 6.70. The predicted octanol–water partition coefficient (Wildman–Crippen LogP) is 2.77. The molecule has 5 fully saturated rings. The van der Waals surface area contributed by atoms with E-state index in [0.29, 0.717) is 29.4 Å². The van der Waals surface area contributed by atoms with Gasteiger partial charge in [0.2, 0.25) is 11.8 Å². The molecule has 1 aromatic heterocycles. The molecule has 170 valence electrons. The van der Waals surface area contributed by atoms with Gasteiger partial charge in [-0.1, -0.05) is 0 Å². The van der Waals surface area contributed by atoms with Crippen molar-refractivity contribution in [2.45, 2.75) is 45.4 Å². The lowest BCUT2D eigenvalue weighted by Crippen LogP contribution is -2.56. The molecule has 1 N–H and O–H groups in total. The second-order valence-electron chi connectivity index (χ2n) is 10.2. The molecule has 1 aliphatic heterocycles. The third-order valence-corrected chi connectivity index (χ3v) is 8.64. The molecule has 2 heterocycles. The van der Waals surface area contributed by atoms with Crippen LogP contribution in [-0.4, -0.2) is 72.5 Å². The molecular weight excluding hydrogens is 412 g/mol. The standard InChI is InChI=1S/C23H34N4O3S/c1-16-15-31-22(24-16)25-20(28)14-27(3-2-26-4-6-30-7-5-26)21(29)23-11-17-8-18(12-23)10-19(9-17)13-23/h15,17-19H,2-14H2,1H3,(H,24,25,28). The quantitative estimate of drug-likeness (QED) is 0.697. The van der Waals surface area contributed by atoms with Crippen molar-refractivity contribution in [3.8, 4) is 0 Å². The Kier molecular flexibility index (Phi) is 6.05. The van der Waals surface area contributed by atoms with Crippen LogP contribution in [0.2, 0.25) is 0 Å². The van der Waals surface area contributed by atoms with Crippen molar-refractivity contribution in [1.29, 1.82) is 0 Å². The molecule has 6 rings (SSSR count). The summed E-state index contributed by atoms with van der Waals surface area (Å²) in [5.74, 6) is 2.22. The van der Waals surface area contributed by atoms with Gasteiger partial charge in [-0.2, -0.15) is 0 Å². The van der Waals surface area contributed by atoms with E-state index in [1.165, 1.54) is 30.6 Å². The van der Waals surface area contributed by atoms with Crippen LogP contribution in [0.25, 0.3) is 0 Å². The van der Waals surface area contributed by atoms with Crippen molar-refractivity contribution >= 4 is 28.3 Å². The first-order valence-electron chi connectivity index (χ1n) is 11.8. The Morgan fingerprint density at radius 1 is 1.19 bits per heavy atom. The van der Waals surface area contributed by atoms with E-state index in [0.717, 1.165) is 57.8 Å². The largest absolute Gasteiger partial charge is 0.379 e. The number of thiazole rings is 1. The van der Waals surface area contributed by atoms with E-state index in [9.17, 15) is 9.59 Å². The van der Waals surface area contributed by atoms with E-state index < -0.39 is 0 Å². The molecule has 2 amide bonds. The summed E-state index contributed by atoms with van der Waals surface area (Å²) < 4.78 is 5.46. The van der Waals surface area contributed by atoms with Crippen LogP contribution in [0.15, 0.2) is 5.38 Å². The van der Waals surface area contributed by atoms with Crippen molar-refractivity contribution < 1.29 is 14.3 Å². The van der Waals surface area contributed by atoms with Crippen LogP contribution in [0.3, 0.4) is 0 Å². The number of hydrogen-bond donors (Lipinski definition) is 1. The van der Waals surface area contributed by atoms with Gasteiger partial charge in [0.05, 0.1) is 30.9 Å². The number of nitrogens with one attached hydrogen (secondary N) is 1. The van der Waals surface area contributed by atoms with Crippen molar-refractivity contribution in [3.63, 3.8) is 0 Å². The van der Waals surface area contributed by atoms with Crippen LogP contribution >= 0.6 is 11.3 Å². The molecule has 4 aliphatic carbocycles. The summed E-state index contributed by atoms with van der Waals surface area (Å²) >= 11 is 1.43. The number of hydrogen-bond acceptors (Lipinski definition) is 6. The molecule has 1 aromatic rings. The number of amides is 2. The number of morpholine rings is 1. The Labute approximate surface area is 188 Å². The van der Waals surface area contributed by atoms with Gasteiger partial charge < -0.3 is 15.0 Å². The number of ether oxygens (including phenoxy) is 1. The number of carbonyl (C=O) groups excluding carboxylic acids is 2. The minimum Gasteiger partial charge on any atom is -0.379 e. The minimum atomic E-state index is -0.224. The second-order valence-corrected chi connectivity index (χ2v) is 11.1. The zero-order valence-corrected chi connectivity index (χ0v) is 19.3. The number of anilines is 1. The first-order valence-corrected chi connectivity index (χ1v) is 12.7. The molecule has 0 spiro atoms. The Bertz CT molecular complexity index is 784. The highest BCUT2D eigenvalue weighted by molar-refractivity contribution is 7.13. The number of aryl methyl sites for hydroxylation is 1. The molecule has 0 radical (unpaired) electrons. The Balaban J connectivity index is 1.29. The Morgan fingerprint density at radius 3 is 2.42 bits per heavy atom. The van der Waals surface area contributed by atoms with Gasteiger partial charge in [-0.3, -0.25) is 14.5 Å². The van der Waals surface area contributed by atoms with Gasteiger partial charge in [-0.05, 0) is 63.2 Å². The summed E-state index contributed by atoms with van der Waals surface area (Å²) in [6.07, 6.45) is 7.01. The smallest absolute Gasteiger partial charge is 0.245 e. The third kappa shape index (κ3) is 4.66. The van der Waals surface area contributed by atoms with Gasteiger partial charge in [0.25, 0.3) is 0 Å². The number of nitrogens with zero attached hydrogens (tertiary/aromatic N) is 3. The molecule has 5 aliphatic rings. The highest BCUT2D eigenvalue weighted by Crippen LogP contribution is 2.60. The van der Waals surface area contributed by atoms with Gasteiger partial charge in [-0.25, -0.2) is 4.98 Å². The minimum absolute atomic E-state index is 0.115. The maximum atomic E-state index is 14.0. The van der Waals surface area contributed by atoms with Crippen molar-refractivity contribution in [1.82, 2.24) is 14.8 Å². The SMILES string of the molecule is Cc1csc(NC(=O)CN(CCN2CCOCC2)C(=O)C23CC4CC(CC(C4)C2)C3)n1.